The molecular formula is C14H15BrN2OS. The summed E-state index contributed by atoms with van der Waals surface area (Å²) in [6, 6.07) is 6.49. The van der Waals surface area contributed by atoms with Crippen LogP contribution in [0.4, 0.5) is 0 Å². The third-order valence-electron chi connectivity index (χ3n) is 3.40. The smallest absolute Gasteiger partial charge is 0.125 e. The summed E-state index contributed by atoms with van der Waals surface area (Å²) < 4.78 is 6.86. The van der Waals surface area contributed by atoms with Crippen LogP contribution in [0.5, 0.6) is 5.75 Å². The molecule has 0 bridgehead atoms. The highest BCUT2D eigenvalue weighted by Crippen LogP contribution is 2.35. The van der Waals surface area contributed by atoms with Crippen molar-refractivity contribution in [3.63, 3.8) is 0 Å². The predicted octanol–water partition coefficient (Wildman–Crippen LogP) is 3.19. The standard InChI is InChI=1S/C14H15BrN2OS/c15-12-5-9-1-3-18-14(9)11(6-12)7-13(17-16)10-2-4-19-8-10/h2,4-6,8,13,17H,1,3,7,16H2. The number of fused-ring (bicyclic) bond motifs is 1. The Morgan fingerprint density at radius 1 is 1.47 bits per heavy atom. The molecule has 2 aromatic rings. The van der Waals surface area contributed by atoms with E-state index in [4.69, 9.17) is 10.6 Å². The van der Waals surface area contributed by atoms with Crippen molar-refractivity contribution in [2.45, 2.75) is 18.9 Å². The van der Waals surface area contributed by atoms with Crippen molar-refractivity contribution >= 4 is 27.3 Å². The number of rotatable bonds is 4. The van der Waals surface area contributed by atoms with E-state index in [1.165, 1.54) is 16.7 Å². The monoisotopic (exact) mass is 338 g/mol. The predicted molar refractivity (Wildman–Crippen MR) is 81.4 cm³/mol. The van der Waals surface area contributed by atoms with Gasteiger partial charge in [0.15, 0.2) is 0 Å². The maximum Gasteiger partial charge on any atom is 0.125 e. The maximum atomic E-state index is 5.76. The van der Waals surface area contributed by atoms with E-state index in [0.717, 1.165) is 29.7 Å². The number of nitrogens with one attached hydrogen (secondary N) is 1. The van der Waals surface area contributed by atoms with Crippen molar-refractivity contribution in [1.82, 2.24) is 5.43 Å². The number of hydrogen-bond acceptors (Lipinski definition) is 4. The number of hydrogen-bond donors (Lipinski definition) is 2. The molecule has 0 radical (unpaired) electrons. The lowest BCUT2D eigenvalue weighted by Gasteiger charge is -2.17. The van der Waals surface area contributed by atoms with E-state index in [1.54, 1.807) is 11.3 Å². The molecule has 3 rings (SSSR count). The zero-order valence-electron chi connectivity index (χ0n) is 10.4. The van der Waals surface area contributed by atoms with Crippen molar-refractivity contribution in [3.8, 4) is 5.75 Å². The molecule has 19 heavy (non-hydrogen) atoms. The lowest BCUT2D eigenvalue weighted by molar-refractivity contribution is 0.351. The summed E-state index contributed by atoms with van der Waals surface area (Å²) in [5.74, 6) is 6.74. The Morgan fingerprint density at radius 3 is 3.11 bits per heavy atom. The molecule has 5 heteroatoms. The minimum atomic E-state index is 0.119. The maximum absolute atomic E-state index is 5.76. The summed E-state index contributed by atoms with van der Waals surface area (Å²) in [5.41, 5.74) is 6.61. The molecular weight excluding hydrogens is 324 g/mol. The fourth-order valence-electron chi connectivity index (χ4n) is 2.46. The van der Waals surface area contributed by atoms with E-state index in [0.29, 0.717) is 0 Å². The van der Waals surface area contributed by atoms with Gasteiger partial charge in [0, 0.05) is 10.9 Å². The highest BCUT2D eigenvalue weighted by molar-refractivity contribution is 9.10. The van der Waals surface area contributed by atoms with Crippen molar-refractivity contribution in [2.75, 3.05) is 6.61 Å². The molecule has 0 amide bonds. The van der Waals surface area contributed by atoms with Crippen LogP contribution in [0.25, 0.3) is 0 Å². The van der Waals surface area contributed by atoms with Gasteiger partial charge in [0.1, 0.15) is 5.75 Å². The molecule has 100 valence electrons. The summed E-state index contributed by atoms with van der Waals surface area (Å²) in [5, 5.41) is 4.20. The van der Waals surface area contributed by atoms with Crippen LogP contribution < -0.4 is 16.0 Å². The van der Waals surface area contributed by atoms with Gasteiger partial charge in [-0.3, -0.25) is 11.3 Å². The number of hydrazine groups is 1. The summed E-state index contributed by atoms with van der Waals surface area (Å²) in [6.07, 6.45) is 1.82. The highest BCUT2D eigenvalue weighted by atomic mass is 79.9. The number of halogens is 1. The number of thiophene rings is 1. The van der Waals surface area contributed by atoms with E-state index in [1.807, 2.05) is 0 Å². The van der Waals surface area contributed by atoms with Crippen molar-refractivity contribution in [3.05, 3.63) is 50.1 Å². The molecule has 0 saturated heterocycles. The number of ether oxygens (including phenoxy) is 1. The first-order valence-corrected chi connectivity index (χ1v) is 7.94. The van der Waals surface area contributed by atoms with Crippen LogP contribution >= 0.6 is 27.3 Å². The Labute approximate surface area is 124 Å². The van der Waals surface area contributed by atoms with Gasteiger partial charge < -0.3 is 4.74 Å². The van der Waals surface area contributed by atoms with Crippen LogP contribution in [0, 0.1) is 0 Å². The van der Waals surface area contributed by atoms with Crippen LogP contribution in [0.3, 0.4) is 0 Å². The fourth-order valence-corrected chi connectivity index (χ4v) is 3.73. The summed E-state index contributed by atoms with van der Waals surface area (Å²) in [4.78, 5) is 0. The van der Waals surface area contributed by atoms with Gasteiger partial charge in [0.05, 0.1) is 12.6 Å². The van der Waals surface area contributed by atoms with E-state index in [-0.39, 0.29) is 6.04 Å². The van der Waals surface area contributed by atoms with Gasteiger partial charge in [-0.2, -0.15) is 11.3 Å². The average molecular weight is 339 g/mol. The lowest BCUT2D eigenvalue weighted by Crippen LogP contribution is -2.29. The van der Waals surface area contributed by atoms with Crippen molar-refractivity contribution in [1.29, 1.82) is 0 Å². The Bertz CT molecular complexity index is 571. The summed E-state index contributed by atoms with van der Waals surface area (Å²) in [7, 11) is 0. The zero-order valence-corrected chi connectivity index (χ0v) is 12.8. The molecule has 0 saturated carbocycles. The number of nitrogens with two attached hydrogens (primary N) is 1. The van der Waals surface area contributed by atoms with Gasteiger partial charge in [-0.15, -0.1) is 0 Å². The van der Waals surface area contributed by atoms with Gasteiger partial charge in [-0.05, 0) is 52.1 Å². The van der Waals surface area contributed by atoms with Gasteiger partial charge in [-0.1, -0.05) is 15.9 Å². The van der Waals surface area contributed by atoms with Gasteiger partial charge in [0.2, 0.25) is 0 Å². The van der Waals surface area contributed by atoms with Crippen molar-refractivity contribution in [2.24, 2.45) is 5.84 Å². The van der Waals surface area contributed by atoms with Gasteiger partial charge >= 0.3 is 0 Å². The second-order valence-electron chi connectivity index (χ2n) is 4.63. The molecule has 1 aliphatic heterocycles. The van der Waals surface area contributed by atoms with Crippen LogP contribution in [0.2, 0.25) is 0 Å². The average Bonchev–Trinajstić information content (AvgIpc) is 3.05. The first-order chi connectivity index (χ1) is 9.28. The second-order valence-corrected chi connectivity index (χ2v) is 6.33. The molecule has 0 aliphatic carbocycles. The molecule has 1 unspecified atom stereocenters. The molecule has 2 heterocycles. The highest BCUT2D eigenvalue weighted by Gasteiger charge is 2.20. The molecule has 1 aromatic heterocycles. The van der Waals surface area contributed by atoms with E-state index < -0.39 is 0 Å². The summed E-state index contributed by atoms with van der Waals surface area (Å²) in [6.45, 7) is 0.776. The minimum Gasteiger partial charge on any atom is -0.493 e. The fraction of sp³-hybridized carbons (Fsp3) is 0.286. The van der Waals surface area contributed by atoms with Crippen molar-refractivity contribution < 1.29 is 4.74 Å². The Balaban J connectivity index is 1.90. The first kappa shape index (κ1) is 13.1. The summed E-state index contributed by atoms with van der Waals surface area (Å²) >= 11 is 5.26. The molecule has 1 atom stereocenters. The minimum absolute atomic E-state index is 0.119. The molecule has 1 aliphatic rings. The third kappa shape index (κ3) is 2.69. The largest absolute Gasteiger partial charge is 0.493 e. The Kier molecular flexibility index (Phi) is 3.88. The molecule has 1 aromatic carbocycles. The SMILES string of the molecule is NNC(Cc1cc(Br)cc2c1OCC2)c1ccsc1. The molecule has 3 nitrogen and oxygen atoms in total. The molecule has 3 N–H and O–H groups in total. The second kappa shape index (κ2) is 5.63. The van der Waals surface area contributed by atoms with Gasteiger partial charge in [0.25, 0.3) is 0 Å². The van der Waals surface area contributed by atoms with Gasteiger partial charge in [-0.25, -0.2) is 0 Å². The molecule has 0 fully saturated rings. The lowest BCUT2D eigenvalue weighted by atomic mass is 9.99. The normalized spacial score (nSPS) is 15.1. The van der Waals surface area contributed by atoms with E-state index in [9.17, 15) is 0 Å². The molecule has 0 spiro atoms. The number of benzene rings is 1. The van der Waals surface area contributed by atoms with Crippen LogP contribution in [0.15, 0.2) is 33.4 Å². The zero-order chi connectivity index (χ0) is 13.2. The van der Waals surface area contributed by atoms with Crippen LogP contribution in [-0.4, -0.2) is 6.61 Å². The van der Waals surface area contributed by atoms with Crippen LogP contribution in [-0.2, 0) is 12.8 Å². The van der Waals surface area contributed by atoms with E-state index >= 15 is 0 Å². The first-order valence-electron chi connectivity index (χ1n) is 6.20. The topological polar surface area (TPSA) is 47.3 Å². The Hall–Kier alpha value is -0.880. The van der Waals surface area contributed by atoms with E-state index in [2.05, 4.69) is 50.3 Å². The van der Waals surface area contributed by atoms with Crippen LogP contribution in [0.1, 0.15) is 22.7 Å². The third-order valence-corrected chi connectivity index (χ3v) is 4.56. The Morgan fingerprint density at radius 2 is 2.37 bits per heavy atom. The quantitative estimate of drug-likeness (QED) is 0.664.